The van der Waals surface area contributed by atoms with E-state index in [4.69, 9.17) is 5.11 Å². The second-order valence-electron chi connectivity index (χ2n) is 3.01. The van der Waals surface area contributed by atoms with Crippen LogP contribution in [-0.2, 0) is 13.1 Å². The van der Waals surface area contributed by atoms with Crippen LogP contribution in [-0.4, -0.2) is 18.2 Å². The minimum absolute atomic E-state index is 0.356. The van der Waals surface area contributed by atoms with Gasteiger partial charge in [-0.15, -0.1) is 0 Å². The van der Waals surface area contributed by atoms with Crippen LogP contribution in [0.1, 0.15) is 11.1 Å². The molecule has 0 saturated heterocycles. The molecule has 3 N–H and O–H groups in total. The molecule has 0 aliphatic rings. The summed E-state index contributed by atoms with van der Waals surface area (Å²) in [6, 6.07) is 7.80. The van der Waals surface area contributed by atoms with Crippen LogP contribution in [0.3, 0.4) is 0 Å². The van der Waals surface area contributed by atoms with E-state index >= 15 is 0 Å². The van der Waals surface area contributed by atoms with Crippen molar-refractivity contribution in [3.05, 3.63) is 35.4 Å². The molecule has 1 rings (SSSR count). The first-order chi connectivity index (χ1) is 6.72. The van der Waals surface area contributed by atoms with Crippen molar-refractivity contribution in [1.29, 1.82) is 0 Å². The van der Waals surface area contributed by atoms with Gasteiger partial charge in [0, 0.05) is 13.1 Å². The van der Waals surface area contributed by atoms with E-state index in [0.29, 0.717) is 6.54 Å². The minimum Gasteiger partial charge on any atom is -0.465 e. The Morgan fingerprint density at radius 3 is 2.14 bits per heavy atom. The molecule has 0 heterocycles. The van der Waals surface area contributed by atoms with Crippen molar-refractivity contribution in [2.75, 3.05) is 7.05 Å². The lowest BCUT2D eigenvalue weighted by Gasteiger charge is -2.03. The minimum atomic E-state index is -0.996. The number of benzene rings is 1. The third kappa shape index (κ3) is 3.45. The van der Waals surface area contributed by atoms with Crippen LogP contribution >= 0.6 is 0 Å². The fraction of sp³-hybridized carbons (Fsp3) is 0.300. The normalized spacial score (nSPS) is 9.79. The van der Waals surface area contributed by atoms with E-state index in [2.05, 4.69) is 10.6 Å². The Morgan fingerprint density at radius 2 is 1.71 bits per heavy atom. The van der Waals surface area contributed by atoms with Gasteiger partial charge in [-0.25, -0.2) is 4.79 Å². The van der Waals surface area contributed by atoms with Crippen LogP contribution in [0.15, 0.2) is 24.3 Å². The summed E-state index contributed by atoms with van der Waals surface area (Å²) in [7, 11) is 1.89. The maximum absolute atomic E-state index is 10.2. The van der Waals surface area contributed by atoms with Crippen molar-refractivity contribution in [1.82, 2.24) is 10.6 Å². The third-order valence-corrected chi connectivity index (χ3v) is 1.85. The summed E-state index contributed by atoms with van der Waals surface area (Å²) >= 11 is 0. The molecular weight excluding hydrogens is 180 g/mol. The highest BCUT2D eigenvalue weighted by Crippen LogP contribution is 2.03. The van der Waals surface area contributed by atoms with Crippen molar-refractivity contribution < 1.29 is 9.90 Å². The second kappa shape index (κ2) is 5.24. The quantitative estimate of drug-likeness (QED) is 0.674. The fourth-order valence-electron chi connectivity index (χ4n) is 1.16. The largest absolute Gasteiger partial charge is 0.465 e. The molecule has 4 heteroatoms. The second-order valence-corrected chi connectivity index (χ2v) is 3.01. The van der Waals surface area contributed by atoms with Gasteiger partial charge >= 0.3 is 6.09 Å². The lowest BCUT2D eigenvalue weighted by Crippen LogP contribution is -2.19. The van der Waals surface area contributed by atoms with Gasteiger partial charge in [-0.3, -0.25) is 0 Å². The highest BCUT2D eigenvalue weighted by molar-refractivity contribution is 5.64. The fourth-order valence-corrected chi connectivity index (χ4v) is 1.16. The van der Waals surface area contributed by atoms with Gasteiger partial charge < -0.3 is 15.7 Å². The van der Waals surface area contributed by atoms with Gasteiger partial charge in [-0.2, -0.15) is 0 Å². The molecule has 1 aromatic rings. The number of carboxylic acid groups (broad SMARTS) is 1. The van der Waals surface area contributed by atoms with Gasteiger partial charge in [0.2, 0.25) is 0 Å². The van der Waals surface area contributed by atoms with Crippen LogP contribution in [0, 0.1) is 0 Å². The molecule has 14 heavy (non-hydrogen) atoms. The van der Waals surface area contributed by atoms with E-state index in [1.807, 2.05) is 31.3 Å². The highest BCUT2D eigenvalue weighted by atomic mass is 16.4. The smallest absolute Gasteiger partial charge is 0.404 e. The highest BCUT2D eigenvalue weighted by Gasteiger charge is 1.96. The Balaban J connectivity index is 2.50. The third-order valence-electron chi connectivity index (χ3n) is 1.85. The monoisotopic (exact) mass is 194 g/mol. The van der Waals surface area contributed by atoms with Crippen LogP contribution in [0.25, 0.3) is 0 Å². The average molecular weight is 194 g/mol. The molecule has 0 atom stereocenters. The number of amides is 1. The molecule has 1 aromatic carbocycles. The van der Waals surface area contributed by atoms with Gasteiger partial charge in [0.25, 0.3) is 0 Å². The van der Waals surface area contributed by atoms with Crippen LogP contribution in [0.2, 0.25) is 0 Å². The molecule has 76 valence electrons. The molecule has 0 fully saturated rings. The molecule has 1 amide bonds. The molecule has 0 saturated carbocycles. The number of rotatable bonds is 4. The Labute approximate surface area is 82.9 Å². The summed E-state index contributed by atoms with van der Waals surface area (Å²) in [5, 5.41) is 13.8. The van der Waals surface area contributed by atoms with Crippen molar-refractivity contribution in [2.24, 2.45) is 0 Å². The summed E-state index contributed by atoms with van der Waals surface area (Å²) in [6.45, 7) is 1.18. The van der Waals surface area contributed by atoms with Crippen LogP contribution in [0.5, 0.6) is 0 Å². The van der Waals surface area contributed by atoms with E-state index in [9.17, 15) is 4.79 Å². The van der Waals surface area contributed by atoms with E-state index in [0.717, 1.165) is 12.1 Å². The maximum Gasteiger partial charge on any atom is 0.404 e. The van der Waals surface area contributed by atoms with E-state index < -0.39 is 6.09 Å². The first kappa shape index (κ1) is 10.5. The molecule has 0 unspecified atom stereocenters. The molecule has 0 aliphatic heterocycles. The zero-order valence-electron chi connectivity index (χ0n) is 8.08. The number of carbonyl (C=O) groups is 1. The summed E-state index contributed by atoms with van der Waals surface area (Å²) in [5.41, 5.74) is 2.15. The predicted octanol–water partition coefficient (Wildman–Crippen LogP) is 1.17. The Bertz CT molecular complexity index is 295. The van der Waals surface area contributed by atoms with Crippen LogP contribution < -0.4 is 10.6 Å². The summed E-state index contributed by atoms with van der Waals surface area (Å²) in [4.78, 5) is 10.2. The van der Waals surface area contributed by atoms with Crippen molar-refractivity contribution in [3.8, 4) is 0 Å². The number of hydrogen-bond acceptors (Lipinski definition) is 2. The molecule has 0 spiro atoms. The summed E-state index contributed by atoms with van der Waals surface area (Å²) in [5.74, 6) is 0. The molecule has 0 aromatic heterocycles. The van der Waals surface area contributed by atoms with E-state index in [1.165, 1.54) is 5.56 Å². The lowest BCUT2D eigenvalue weighted by atomic mass is 10.1. The SMILES string of the molecule is CNCc1ccc(CNC(=O)O)cc1. The van der Waals surface area contributed by atoms with Gasteiger partial charge in [0.15, 0.2) is 0 Å². The Kier molecular flexibility index (Phi) is 3.94. The topological polar surface area (TPSA) is 61.4 Å². The summed E-state index contributed by atoms with van der Waals surface area (Å²) < 4.78 is 0. The predicted molar refractivity (Wildman–Crippen MR) is 54.1 cm³/mol. The van der Waals surface area contributed by atoms with Gasteiger partial charge in [0.1, 0.15) is 0 Å². The lowest BCUT2D eigenvalue weighted by molar-refractivity contribution is 0.194. The molecule has 0 aliphatic carbocycles. The van der Waals surface area contributed by atoms with Gasteiger partial charge in [0.05, 0.1) is 0 Å². The van der Waals surface area contributed by atoms with Gasteiger partial charge in [-0.1, -0.05) is 24.3 Å². The van der Waals surface area contributed by atoms with Crippen molar-refractivity contribution in [2.45, 2.75) is 13.1 Å². The van der Waals surface area contributed by atoms with Gasteiger partial charge in [-0.05, 0) is 18.2 Å². The molecule has 0 radical (unpaired) electrons. The molecule has 4 nitrogen and oxygen atoms in total. The number of nitrogens with one attached hydrogen (secondary N) is 2. The molecular formula is C10H14N2O2. The first-order valence-corrected chi connectivity index (χ1v) is 4.41. The molecule has 0 bridgehead atoms. The zero-order valence-corrected chi connectivity index (χ0v) is 8.08. The van der Waals surface area contributed by atoms with E-state index in [1.54, 1.807) is 0 Å². The van der Waals surface area contributed by atoms with E-state index in [-0.39, 0.29) is 0 Å². The maximum atomic E-state index is 10.2. The van der Waals surface area contributed by atoms with Crippen molar-refractivity contribution >= 4 is 6.09 Å². The zero-order chi connectivity index (χ0) is 10.4. The first-order valence-electron chi connectivity index (χ1n) is 4.41. The number of hydrogen-bond donors (Lipinski definition) is 3. The van der Waals surface area contributed by atoms with Crippen LogP contribution in [0.4, 0.5) is 4.79 Å². The summed E-state index contributed by atoms with van der Waals surface area (Å²) in [6.07, 6.45) is -0.996. The standard InChI is InChI=1S/C10H14N2O2/c1-11-6-8-2-4-9(5-3-8)7-12-10(13)14/h2-5,11-12H,6-7H2,1H3,(H,13,14). The van der Waals surface area contributed by atoms with Crippen molar-refractivity contribution in [3.63, 3.8) is 0 Å². The Hall–Kier alpha value is -1.55. The Morgan fingerprint density at radius 1 is 1.21 bits per heavy atom. The average Bonchev–Trinajstić information content (AvgIpc) is 2.17.